The molecule has 1 amide bonds. The molecule has 4 rings (SSSR count). The molecule has 0 radical (unpaired) electrons. The standard InChI is InChI=1S/C20H14ClN3O2S/c1-13-9-10-15(26-13)12-17-19(25)24(14-6-3-2-4-7-14)20(27-17)23-16-8-5-11-22-18(16)21/h2-12H,1H3/b17-12+,23-20?. The molecule has 1 aliphatic heterocycles. The van der Waals surface area contributed by atoms with E-state index < -0.39 is 0 Å². The van der Waals surface area contributed by atoms with Crippen LogP contribution in [0.5, 0.6) is 0 Å². The lowest BCUT2D eigenvalue weighted by molar-refractivity contribution is -0.113. The lowest BCUT2D eigenvalue weighted by Crippen LogP contribution is -2.28. The first-order valence-corrected chi connectivity index (χ1v) is 9.36. The maximum atomic E-state index is 13.1. The summed E-state index contributed by atoms with van der Waals surface area (Å²) >= 11 is 7.41. The molecule has 7 heteroatoms. The van der Waals surface area contributed by atoms with E-state index in [2.05, 4.69) is 9.98 Å². The van der Waals surface area contributed by atoms with Crippen molar-refractivity contribution in [3.05, 3.63) is 82.4 Å². The molecule has 5 nitrogen and oxygen atoms in total. The smallest absolute Gasteiger partial charge is 0.271 e. The van der Waals surface area contributed by atoms with Gasteiger partial charge in [0.2, 0.25) is 0 Å². The lowest BCUT2D eigenvalue weighted by atomic mass is 10.3. The number of thioether (sulfide) groups is 1. The molecule has 0 saturated carbocycles. The van der Waals surface area contributed by atoms with E-state index in [1.165, 1.54) is 11.8 Å². The van der Waals surface area contributed by atoms with Gasteiger partial charge in [0.05, 0.1) is 10.6 Å². The van der Waals surface area contributed by atoms with Gasteiger partial charge in [0.1, 0.15) is 17.2 Å². The number of aryl methyl sites for hydroxylation is 1. The van der Waals surface area contributed by atoms with Crippen molar-refractivity contribution in [1.82, 2.24) is 4.98 Å². The highest BCUT2D eigenvalue weighted by Crippen LogP contribution is 2.38. The average Bonchev–Trinajstić information content (AvgIpc) is 3.21. The van der Waals surface area contributed by atoms with Gasteiger partial charge in [0.25, 0.3) is 5.91 Å². The third-order valence-electron chi connectivity index (χ3n) is 3.81. The molecule has 134 valence electrons. The van der Waals surface area contributed by atoms with Crippen molar-refractivity contribution in [2.24, 2.45) is 4.99 Å². The van der Waals surface area contributed by atoms with Gasteiger partial charge in [-0.3, -0.25) is 9.69 Å². The zero-order chi connectivity index (χ0) is 18.8. The molecule has 0 aliphatic carbocycles. The maximum Gasteiger partial charge on any atom is 0.271 e. The SMILES string of the molecule is Cc1ccc(/C=C2/SC(=Nc3cccnc3Cl)N(c3ccccc3)C2=O)o1. The normalized spacial score (nSPS) is 17.3. The molecule has 27 heavy (non-hydrogen) atoms. The minimum absolute atomic E-state index is 0.168. The number of halogens is 1. The second kappa shape index (κ2) is 7.42. The summed E-state index contributed by atoms with van der Waals surface area (Å²) in [7, 11) is 0. The van der Waals surface area contributed by atoms with Gasteiger partial charge in [-0.2, -0.15) is 0 Å². The topological polar surface area (TPSA) is 58.7 Å². The van der Waals surface area contributed by atoms with Gasteiger partial charge in [-0.25, -0.2) is 9.98 Å². The number of hydrogen-bond donors (Lipinski definition) is 0. The summed E-state index contributed by atoms with van der Waals surface area (Å²) in [6, 6.07) is 16.6. The van der Waals surface area contributed by atoms with Crippen molar-refractivity contribution in [3.8, 4) is 0 Å². The number of anilines is 1. The molecule has 1 saturated heterocycles. The quantitative estimate of drug-likeness (QED) is 0.437. The highest BCUT2D eigenvalue weighted by molar-refractivity contribution is 8.19. The molecule has 0 bridgehead atoms. The molecular weight excluding hydrogens is 382 g/mol. The van der Waals surface area contributed by atoms with Crippen molar-refractivity contribution in [3.63, 3.8) is 0 Å². The fraction of sp³-hybridized carbons (Fsp3) is 0.0500. The van der Waals surface area contributed by atoms with Crippen LogP contribution in [-0.4, -0.2) is 16.1 Å². The Morgan fingerprint density at radius 1 is 1.15 bits per heavy atom. The number of aliphatic imine (C=N–C) groups is 1. The molecule has 3 heterocycles. The molecule has 0 N–H and O–H groups in total. The number of rotatable bonds is 3. The number of aromatic nitrogens is 1. The molecule has 1 fully saturated rings. The fourth-order valence-corrected chi connectivity index (χ4v) is 3.71. The number of nitrogens with zero attached hydrogens (tertiary/aromatic N) is 3. The Labute approximate surface area is 165 Å². The number of pyridine rings is 1. The third-order valence-corrected chi connectivity index (χ3v) is 5.07. The van der Waals surface area contributed by atoms with Crippen LogP contribution in [0.1, 0.15) is 11.5 Å². The Kier molecular flexibility index (Phi) is 4.83. The number of hydrogen-bond acceptors (Lipinski definition) is 5. The third kappa shape index (κ3) is 3.67. The fourth-order valence-electron chi connectivity index (χ4n) is 2.58. The molecule has 2 aromatic heterocycles. The summed E-state index contributed by atoms with van der Waals surface area (Å²) in [5.74, 6) is 1.24. The van der Waals surface area contributed by atoms with Crippen LogP contribution in [0.4, 0.5) is 11.4 Å². The van der Waals surface area contributed by atoms with E-state index in [1.807, 2.05) is 49.4 Å². The summed E-state index contributed by atoms with van der Waals surface area (Å²) in [4.78, 5) is 23.8. The summed E-state index contributed by atoms with van der Waals surface area (Å²) in [5, 5.41) is 0.792. The van der Waals surface area contributed by atoms with Crippen molar-refractivity contribution in [2.75, 3.05) is 4.90 Å². The van der Waals surface area contributed by atoms with Crippen LogP contribution >= 0.6 is 23.4 Å². The molecule has 0 spiro atoms. The van der Waals surface area contributed by atoms with Crippen molar-refractivity contribution in [1.29, 1.82) is 0 Å². The minimum atomic E-state index is -0.168. The molecule has 1 aliphatic rings. The van der Waals surface area contributed by atoms with E-state index in [0.29, 0.717) is 21.5 Å². The Bertz CT molecular complexity index is 1060. The molecule has 0 atom stereocenters. The molecule has 3 aromatic rings. The van der Waals surface area contributed by atoms with Crippen molar-refractivity contribution >= 4 is 51.9 Å². The van der Waals surface area contributed by atoms with Crippen molar-refractivity contribution in [2.45, 2.75) is 6.92 Å². The highest BCUT2D eigenvalue weighted by atomic mass is 35.5. The van der Waals surface area contributed by atoms with Crippen LogP contribution in [0.15, 0.2) is 75.1 Å². The number of benzene rings is 1. The summed E-state index contributed by atoms with van der Waals surface area (Å²) in [6.07, 6.45) is 3.32. The zero-order valence-electron chi connectivity index (χ0n) is 14.3. The highest BCUT2D eigenvalue weighted by Gasteiger charge is 2.35. The Morgan fingerprint density at radius 3 is 2.67 bits per heavy atom. The average molecular weight is 396 g/mol. The van der Waals surface area contributed by atoms with Crippen LogP contribution < -0.4 is 4.90 Å². The van der Waals surface area contributed by atoms with E-state index in [-0.39, 0.29) is 11.1 Å². The van der Waals surface area contributed by atoms with Gasteiger partial charge in [-0.05, 0) is 55.1 Å². The van der Waals surface area contributed by atoms with Gasteiger partial charge in [-0.1, -0.05) is 29.8 Å². The van der Waals surface area contributed by atoms with Crippen LogP contribution in [0, 0.1) is 6.92 Å². The van der Waals surface area contributed by atoms with Gasteiger partial charge < -0.3 is 4.42 Å². The Balaban J connectivity index is 1.79. The van der Waals surface area contributed by atoms with E-state index >= 15 is 0 Å². The van der Waals surface area contributed by atoms with Crippen LogP contribution in [0.3, 0.4) is 0 Å². The zero-order valence-corrected chi connectivity index (χ0v) is 15.9. The molecular formula is C20H14ClN3O2S. The number of para-hydroxylation sites is 1. The Morgan fingerprint density at radius 2 is 1.96 bits per heavy atom. The van der Waals surface area contributed by atoms with Gasteiger partial charge in [-0.15, -0.1) is 0 Å². The predicted molar refractivity (Wildman–Crippen MR) is 109 cm³/mol. The predicted octanol–water partition coefficient (Wildman–Crippen LogP) is 5.45. The largest absolute Gasteiger partial charge is 0.462 e. The van der Waals surface area contributed by atoms with Gasteiger partial charge in [0, 0.05) is 12.3 Å². The first kappa shape index (κ1) is 17.6. The number of amides is 1. The van der Waals surface area contributed by atoms with Crippen LogP contribution in [0.25, 0.3) is 6.08 Å². The first-order chi connectivity index (χ1) is 13.1. The van der Waals surface area contributed by atoms with Gasteiger partial charge >= 0.3 is 0 Å². The summed E-state index contributed by atoms with van der Waals surface area (Å²) in [5.41, 5.74) is 1.23. The molecule has 1 aromatic carbocycles. The monoisotopic (exact) mass is 395 g/mol. The second-order valence-corrected chi connectivity index (χ2v) is 7.11. The summed E-state index contributed by atoms with van der Waals surface area (Å²) < 4.78 is 5.58. The van der Waals surface area contributed by atoms with E-state index in [0.717, 1.165) is 11.4 Å². The lowest BCUT2D eigenvalue weighted by Gasteiger charge is -2.15. The maximum absolute atomic E-state index is 13.1. The number of carbonyl (C=O) groups excluding carboxylic acids is 1. The van der Waals surface area contributed by atoms with Crippen LogP contribution in [-0.2, 0) is 4.79 Å². The van der Waals surface area contributed by atoms with E-state index in [1.54, 1.807) is 29.3 Å². The van der Waals surface area contributed by atoms with Crippen molar-refractivity contribution < 1.29 is 9.21 Å². The van der Waals surface area contributed by atoms with Crippen LogP contribution in [0.2, 0.25) is 5.15 Å². The number of carbonyl (C=O) groups is 1. The molecule has 0 unspecified atom stereocenters. The Hall–Kier alpha value is -2.83. The number of amidine groups is 1. The first-order valence-electron chi connectivity index (χ1n) is 8.16. The number of furan rings is 1. The summed E-state index contributed by atoms with van der Waals surface area (Å²) in [6.45, 7) is 1.86. The minimum Gasteiger partial charge on any atom is -0.462 e. The second-order valence-electron chi connectivity index (χ2n) is 5.74. The van der Waals surface area contributed by atoms with E-state index in [9.17, 15) is 4.79 Å². The van der Waals surface area contributed by atoms with Gasteiger partial charge in [0.15, 0.2) is 10.3 Å². The van der Waals surface area contributed by atoms with E-state index in [4.69, 9.17) is 16.0 Å².